The summed E-state index contributed by atoms with van der Waals surface area (Å²) in [5, 5.41) is 0.696. The van der Waals surface area contributed by atoms with E-state index in [1.807, 2.05) is 0 Å². The van der Waals surface area contributed by atoms with Gasteiger partial charge in [-0.2, -0.15) is 8.42 Å². The van der Waals surface area contributed by atoms with E-state index in [2.05, 4.69) is 5.32 Å². The number of nitrogens with two attached hydrogens (primary N) is 1. The lowest BCUT2D eigenvalue weighted by Gasteiger charge is -2.11. The van der Waals surface area contributed by atoms with Gasteiger partial charge in [0.1, 0.15) is 0 Å². The Balaban J connectivity index is 2.80. The topological polar surface area (TPSA) is 109 Å². The lowest BCUT2D eigenvalue weighted by Crippen LogP contribution is -2.40. The van der Waals surface area contributed by atoms with Crippen LogP contribution in [0.1, 0.15) is 0 Å². The van der Waals surface area contributed by atoms with E-state index in [-0.39, 0.29) is 0 Å². The minimum atomic E-state index is -4.47. The quantitative estimate of drug-likeness (QED) is 0.637. The second kappa shape index (κ2) is 5.06. The Morgan fingerprint density at radius 3 is 2.38 bits per heavy atom. The molecule has 0 aliphatic carbocycles. The molecule has 88 valence electrons. The van der Waals surface area contributed by atoms with Gasteiger partial charge in [-0.3, -0.25) is 9.35 Å². The molecule has 6 nitrogen and oxygen atoms in total. The number of hydrogen-bond donors (Lipinski definition) is 3. The average molecular weight is 244 g/mol. The first-order valence-corrected chi connectivity index (χ1v) is 5.97. The fraction of sp³-hybridized carbons (Fsp3) is 0.222. The molecule has 1 amide bonds. The second-order valence-electron chi connectivity index (χ2n) is 3.09. The first-order chi connectivity index (χ1) is 7.45. The van der Waals surface area contributed by atoms with Crippen LogP contribution >= 0.6 is 0 Å². The van der Waals surface area contributed by atoms with Gasteiger partial charge in [0, 0.05) is 12.2 Å². The third-order valence-corrected chi connectivity index (χ3v) is 3.03. The monoisotopic (exact) mass is 244 g/mol. The van der Waals surface area contributed by atoms with Gasteiger partial charge in [-0.25, -0.2) is 0 Å². The molecule has 0 aliphatic heterocycles. The fourth-order valence-corrected chi connectivity index (χ4v) is 1.68. The molecular weight excluding hydrogens is 232 g/mol. The highest BCUT2D eigenvalue weighted by Crippen LogP contribution is 2.07. The van der Waals surface area contributed by atoms with E-state index in [1.165, 1.54) is 0 Å². The van der Waals surface area contributed by atoms with Gasteiger partial charge in [0.25, 0.3) is 10.1 Å². The minimum Gasteiger partial charge on any atom is -0.329 e. The van der Waals surface area contributed by atoms with E-state index in [0.717, 1.165) is 0 Å². The Morgan fingerprint density at radius 2 is 1.94 bits per heavy atom. The van der Waals surface area contributed by atoms with Crippen molar-refractivity contribution >= 4 is 21.7 Å². The van der Waals surface area contributed by atoms with Crippen molar-refractivity contribution in [3.8, 4) is 0 Å². The van der Waals surface area contributed by atoms with E-state index < -0.39 is 27.8 Å². The largest absolute Gasteiger partial charge is 0.329 e. The van der Waals surface area contributed by atoms with Crippen LogP contribution in [0.3, 0.4) is 0 Å². The molecule has 7 heteroatoms. The Hall–Kier alpha value is -1.44. The van der Waals surface area contributed by atoms with E-state index in [4.69, 9.17) is 10.3 Å². The standard InChI is InChI=1S/C9H12N2O4S/c10-6-8(16(13,14)15)9(12)11-7-4-2-1-3-5-7/h1-5,8H,6,10H2,(H,11,12)(H,13,14,15). The van der Waals surface area contributed by atoms with Crippen LogP contribution in [0, 0.1) is 0 Å². The van der Waals surface area contributed by atoms with Crippen LogP contribution < -0.4 is 11.1 Å². The molecule has 0 heterocycles. The normalized spacial score (nSPS) is 13.1. The number of amides is 1. The number of benzene rings is 1. The zero-order chi connectivity index (χ0) is 12.2. The fourth-order valence-electron chi connectivity index (χ4n) is 1.11. The van der Waals surface area contributed by atoms with Crippen molar-refractivity contribution in [2.24, 2.45) is 5.73 Å². The van der Waals surface area contributed by atoms with E-state index in [1.54, 1.807) is 30.3 Å². The third-order valence-electron chi connectivity index (χ3n) is 1.91. The van der Waals surface area contributed by atoms with Crippen LogP contribution in [0.5, 0.6) is 0 Å². The molecule has 0 bridgehead atoms. The highest BCUT2D eigenvalue weighted by atomic mass is 32.2. The summed E-state index contributed by atoms with van der Waals surface area (Å²) in [4.78, 5) is 11.5. The molecule has 0 radical (unpaired) electrons. The molecule has 1 atom stereocenters. The van der Waals surface area contributed by atoms with Crippen LogP contribution in [0.15, 0.2) is 30.3 Å². The van der Waals surface area contributed by atoms with Crippen LogP contribution in [0.25, 0.3) is 0 Å². The number of nitrogens with one attached hydrogen (secondary N) is 1. The summed E-state index contributed by atoms with van der Waals surface area (Å²) in [6.45, 7) is -0.475. The average Bonchev–Trinajstić information content (AvgIpc) is 2.17. The molecular formula is C9H12N2O4S. The van der Waals surface area contributed by atoms with E-state index in [9.17, 15) is 13.2 Å². The maximum atomic E-state index is 11.5. The summed E-state index contributed by atoms with van der Waals surface area (Å²) in [6, 6.07) is 8.30. The van der Waals surface area contributed by atoms with Gasteiger partial charge in [-0.1, -0.05) is 18.2 Å². The van der Waals surface area contributed by atoms with Crippen molar-refractivity contribution in [3.05, 3.63) is 30.3 Å². The van der Waals surface area contributed by atoms with Crippen molar-refractivity contribution in [2.75, 3.05) is 11.9 Å². The van der Waals surface area contributed by atoms with Crippen molar-refractivity contribution < 1.29 is 17.8 Å². The van der Waals surface area contributed by atoms with Gasteiger partial charge < -0.3 is 11.1 Å². The van der Waals surface area contributed by atoms with Crippen molar-refractivity contribution in [1.82, 2.24) is 0 Å². The lowest BCUT2D eigenvalue weighted by molar-refractivity contribution is -0.115. The molecule has 1 rings (SSSR count). The number of anilines is 1. The maximum Gasteiger partial charge on any atom is 0.278 e. The maximum absolute atomic E-state index is 11.5. The number of carbonyl (C=O) groups excluding carboxylic acids is 1. The molecule has 4 N–H and O–H groups in total. The lowest BCUT2D eigenvalue weighted by atomic mass is 10.3. The predicted octanol–water partition coefficient (Wildman–Crippen LogP) is -0.160. The van der Waals surface area contributed by atoms with Crippen LogP contribution in [0.2, 0.25) is 0 Å². The first kappa shape index (κ1) is 12.6. The third kappa shape index (κ3) is 3.30. The Labute approximate surface area is 93.2 Å². The molecule has 1 aromatic rings. The van der Waals surface area contributed by atoms with Gasteiger partial charge >= 0.3 is 0 Å². The molecule has 0 spiro atoms. The summed E-state index contributed by atoms with van der Waals surface area (Å²) in [7, 11) is -4.47. The van der Waals surface area contributed by atoms with Gasteiger partial charge in [0.05, 0.1) is 0 Å². The van der Waals surface area contributed by atoms with Gasteiger partial charge in [0.15, 0.2) is 5.25 Å². The summed E-state index contributed by atoms with van der Waals surface area (Å²) < 4.78 is 30.4. The van der Waals surface area contributed by atoms with Crippen molar-refractivity contribution in [2.45, 2.75) is 5.25 Å². The molecule has 0 fully saturated rings. The number of para-hydroxylation sites is 1. The van der Waals surface area contributed by atoms with Crippen LogP contribution in [-0.4, -0.2) is 30.7 Å². The number of hydrogen-bond acceptors (Lipinski definition) is 4. The molecule has 0 saturated heterocycles. The second-order valence-corrected chi connectivity index (χ2v) is 4.69. The van der Waals surface area contributed by atoms with Gasteiger partial charge in [-0.15, -0.1) is 0 Å². The zero-order valence-electron chi connectivity index (χ0n) is 8.33. The van der Waals surface area contributed by atoms with Crippen molar-refractivity contribution in [1.29, 1.82) is 0 Å². The molecule has 0 aromatic heterocycles. The highest BCUT2D eigenvalue weighted by molar-refractivity contribution is 7.87. The first-order valence-electron chi connectivity index (χ1n) is 4.47. The summed E-state index contributed by atoms with van der Waals surface area (Å²) in [5.41, 5.74) is 5.55. The van der Waals surface area contributed by atoms with Crippen LogP contribution in [0.4, 0.5) is 5.69 Å². The van der Waals surface area contributed by atoms with Gasteiger partial charge in [-0.05, 0) is 12.1 Å². The Morgan fingerprint density at radius 1 is 1.38 bits per heavy atom. The van der Waals surface area contributed by atoms with E-state index >= 15 is 0 Å². The number of rotatable bonds is 4. The minimum absolute atomic E-state index is 0.439. The van der Waals surface area contributed by atoms with Gasteiger partial charge in [0.2, 0.25) is 5.91 Å². The summed E-state index contributed by atoms with van der Waals surface area (Å²) >= 11 is 0. The zero-order valence-corrected chi connectivity index (χ0v) is 9.15. The molecule has 0 saturated carbocycles. The Kier molecular flexibility index (Phi) is 3.99. The smallest absolute Gasteiger partial charge is 0.278 e. The van der Waals surface area contributed by atoms with E-state index in [0.29, 0.717) is 5.69 Å². The summed E-state index contributed by atoms with van der Waals surface area (Å²) in [5.74, 6) is -0.851. The SMILES string of the molecule is NCC(C(=O)Nc1ccccc1)S(=O)(=O)O. The summed E-state index contributed by atoms with van der Waals surface area (Å²) in [6.07, 6.45) is 0. The molecule has 1 unspecified atom stereocenters. The molecule has 1 aromatic carbocycles. The molecule has 0 aliphatic rings. The Bertz CT molecular complexity index is 458. The highest BCUT2D eigenvalue weighted by Gasteiger charge is 2.29. The van der Waals surface area contributed by atoms with Crippen LogP contribution in [-0.2, 0) is 14.9 Å². The molecule has 16 heavy (non-hydrogen) atoms. The predicted molar refractivity (Wildman–Crippen MR) is 59.5 cm³/mol. The number of carbonyl (C=O) groups is 1. The van der Waals surface area contributed by atoms with Crippen molar-refractivity contribution in [3.63, 3.8) is 0 Å².